The molecule has 0 aliphatic carbocycles. The largest absolute Gasteiger partial charge is 0.399 e. The Morgan fingerprint density at radius 2 is 2.06 bits per heavy atom. The number of carbonyl (C=O) groups is 1. The molecule has 0 atom stereocenters. The smallest absolute Gasteiger partial charge is 0.169 e. The maximum absolute atomic E-state index is 11.3. The third-order valence-corrected chi connectivity index (χ3v) is 3.80. The molecule has 2 rings (SSSR count). The van der Waals surface area contributed by atoms with Crippen molar-refractivity contribution in [1.29, 1.82) is 0 Å². The fraction of sp³-hybridized carbons (Fsp3) is 0.154. The Balaban J connectivity index is 2.52. The van der Waals surface area contributed by atoms with Crippen LogP contribution in [0.15, 0.2) is 30.3 Å². The van der Waals surface area contributed by atoms with Crippen LogP contribution in [-0.2, 0) is 0 Å². The molecule has 0 aliphatic rings. The van der Waals surface area contributed by atoms with Gasteiger partial charge in [-0.2, -0.15) is 0 Å². The average Bonchev–Trinajstić information content (AvgIpc) is 2.60. The Morgan fingerprint density at radius 3 is 2.62 bits per heavy atom. The van der Waals surface area contributed by atoms with Crippen molar-refractivity contribution in [2.24, 2.45) is 0 Å². The maximum atomic E-state index is 11.3. The molecule has 0 spiro atoms. The normalized spacial score (nSPS) is 10.4. The van der Waals surface area contributed by atoms with Crippen LogP contribution in [0.3, 0.4) is 0 Å². The number of nitrogens with two attached hydrogens (primary N) is 1. The summed E-state index contributed by atoms with van der Waals surface area (Å²) < 4.78 is 0. The predicted molar refractivity (Wildman–Crippen MR) is 68.9 cm³/mol. The van der Waals surface area contributed by atoms with Crippen molar-refractivity contribution >= 4 is 22.8 Å². The Bertz CT molecular complexity index is 543. The molecule has 3 heteroatoms. The molecule has 1 aromatic carbocycles. The van der Waals surface area contributed by atoms with E-state index in [4.69, 9.17) is 5.73 Å². The van der Waals surface area contributed by atoms with E-state index in [-0.39, 0.29) is 5.78 Å². The first kappa shape index (κ1) is 10.9. The number of rotatable bonds is 2. The molecular formula is C13H13NOS. The number of benzene rings is 1. The lowest BCUT2D eigenvalue weighted by atomic mass is 10.1. The van der Waals surface area contributed by atoms with Gasteiger partial charge in [0.05, 0.1) is 4.88 Å². The predicted octanol–water partition coefficient (Wildman–Crippen LogP) is 3.51. The summed E-state index contributed by atoms with van der Waals surface area (Å²) in [5, 5.41) is 0. The second-order valence-corrected chi connectivity index (χ2v) is 4.86. The van der Waals surface area contributed by atoms with Crippen molar-refractivity contribution in [3.05, 3.63) is 40.8 Å². The van der Waals surface area contributed by atoms with Crippen LogP contribution in [0.1, 0.15) is 22.2 Å². The topological polar surface area (TPSA) is 43.1 Å². The van der Waals surface area contributed by atoms with Crippen LogP contribution in [0.5, 0.6) is 0 Å². The van der Waals surface area contributed by atoms with Gasteiger partial charge in [-0.1, -0.05) is 12.1 Å². The monoisotopic (exact) mass is 231 g/mol. The third kappa shape index (κ3) is 1.99. The van der Waals surface area contributed by atoms with E-state index in [9.17, 15) is 4.79 Å². The highest BCUT2D eigenvalue weighted by Gasteiger charge is 2.10. The number of carbonyl (C=O) groups excluding carboxylic acids is 1. The van der Waals surface area contributed by atoms with Crippen LogP contribution in [0.2, 0.25) is 0 Å². The summed E-state index contributed by atoms with van der Waals surface area (Å²) in [6.45, 7) is 3.61. The summed E-state index contributed by atoms with van der Waals surface area (Å²) in [5.74, 6) is 0.114. The van der Waals surface area contributed by atoms with E-state index in [1.165, 1.54) is 11.3 Å². The van der Waals surface area contributed by atoms with Gasteiger partial charge in [-0.25, -0.2) is 0 Å². The second-order valence-electron chi connectivity index (χ2n) is 3.80. The molecule has 82 valence electrons. The minimum Gasteiger partial charge on any atom is -0.399 e. The highest BCUT2D eigenvalue weighted by atomic mass is 32.1. The zero-order valence-corrected chi connectivity index (χ0v) is 10.1. The maximum Gasteiger partial charge on any atom is 0.169 e. The summed E-state index contributed by atoms with van der Waals surface area (Å²) in [7, 11) is 0. The van der Waals surface area contributed by atoms with Crippen molar-refractivity contribution in [3.8, 4) is 10.4 Å². The van der Waals surface area contributed by atoms with E-state index in [1.807, 2.05) is 37.3 Å². The average molecular weight is 231 g/mol. The summed E-state index contributed by atoms with van der Waals surface area (Å²) >= 11 is 1.52. The minimum atomic E-state index is 0.114. The molecule has 0 saturated heterocycles. The van der Waals surface area contributed by atoms with Crippen molar-refractivity contribution in [1.82, 2.24) is 0 Å². The fourth-order valence-electron chi connectivity index (χ4n) is 1.62. The van der Waals surface area contributed by atoms with Crippen LogP contribution in [0, 0.1) is 6.92 Å². The van der Waals surface area contributed by atoms with Gasteiger partial charge in [-0.15, -0.1) is 11.3 Å². The van der Waals surface area contributed by atoms with Gasteiger partial charge in [0.25, 0.3) is 0 Å². The molecule has 0 bridgehead atoms. The van der Waals surface area contributed by atoms with Crippen LogP contribution < -0.4 is 5.73 Å². The zero-order valence-electron chi connectivity index (χ0n) is 9.28. The molecule has 0 amide bonds. The number of hydrogen-bond acceptors (Lipinski definition) is 3. The number of hydrogen-bond donors (Lipinski definition) is 1. The molecule has 16 heavy (non-hydrogen) atoms. The Labute approximate surface area is 98.7 Å². The zero-order chi connectivity index (χ0) is 11.7. The lowest BCUT2D eigenvalue weighted by Gasteiger charge is -2.00. The molecule has 0 unspecified atom stereocenters. The standard InChI is InChI=1S/C13H13NOS/c1-8-6-12(9(2)15)16-13(8)10-4-3-5-11(14)7-10/h3-7H,14H2,1-2H3. The molecule has 0 radical (unpaired) electrons. The molecule has 1 heterocycles. The summed E-state index contributed by atoms with van der Waals surface area (Å²) in [6.07, 6.45) is 0. The van der Waals surface area contributed by atoms with E-state index < -0.39 is 0 Å². The Morgan fingerprint density at radius 1 is 1.31 bits per heavy atom. The van der Waals surface area contributed by atoms with E-state index >= 15 is 0 Å². The van der Waals surface area contributed by atoms with Gasteiger partial charge in [0, 0.05) is 10.6 Å². The molecule has 0 saturated carbocycles. The number of aryl methyl sites for hydroxylation is 1. The molecule has 2 aromatic rings. The van der Waals surface area contributed by atoms with E-state index in [2.05, 4.69) is 0 Å². The van der Waals surface area contributed by atoms with Crippen molar-refractivity contribution < 1.29 is 4.79 Å². The lowest BCUT2D eigenvalue weighted by molar-refractivity contribution is 0.102. The van der Waals surface area contributed by atoms with Crippen molar-refractivity contribution in [3.63, 3.8) is 0 Å². The molecule has 0 aliphatic heterocycles. The van der Waals surface area contributed by atoms with E-state index in [0.717, 1.165) is 26.6 Å². The van der Waals surface area contributed by atoms with Crippen LogP contribution in [0.4, 0.5) is 5.69 Å². The first-order valence-corrected chi connectivity index (χ1v) is 5.87. The summed E-state index contributed by atoms with van der Waals surface area (Å²) in [6, 6.07) is 9.67. The second kappa shape index (κ2) is 4.10. The van der Waals surface area contributed by atoms with Crippen LogP contribution in [-0.4, -0.2) is 5.78 Å². The number of ketones is 1. The van der Waals surface area contributed by atoms with Gasteiger partial charge in [-0.3, -0.25) is 4.79 Å². The first-order valence-electron chi connectivity index (χ1n) is 5.05. The minimum absolute atomic E-state index is 0.114. The quantitative estimate of drug-likeness (QED) is 0.635. The van der Waals surface area contributed by atoms with Gasteiger partial charge < -0.3 is 5.73 Å². The molecule has 1 aromatic heterocycles. The van der Waals surface area contributed by atoms with E-state index in [0.29, 0.717) is 0 Å². The van der Waals surface area contributed by atoms with Crippen molar-refractivity contribution in [2.45, 2.75) is 13.8 Å². The van der Waals surface area contributed by atoms with Gasteiger partial charge in [0.15, 0.2) is 5.78 Å². The number of nitrogen functional groups attached to an aromatic ring is 1. The summed E-state index contributed by atoms with van der Waals surface area (Å²) in [5.41, 5.74) is 8.70. The Hall–Kier alpha value is -1.61. The lowest BCUT2D eigenvalue weighted by Crippen LogP contribution is -1.84. The summed E-state index contributed by atoms with van der Waals surface area (Å²) in [4.78, 5) is 13.2. The van der Waals surface area contributed by atoms with Gasteiger partial charge in [0.1, 0.15) is 0 Å². The molecular weight excluding hydrogens is 218 g/mol. The van der Waals surface area contributed by atoms with Gasteiger partial charge in [0.2, 0.25) is 0 Å². The number of anilines is 1. The third-order valence-electron chi connectivity index (χ3n) is 2.41. The Kier molecular flexibility index (Phi) is 2.79. The highest BCUT2D eigenvalue weighted by molar-refractivity contribution is 7.17. The van der Waals surface area contributed by atoms with Crippen LogP contribution in [0.25, 0.3) is 10.4 Å². The van der Waals surface area contributed by atoms with Crippen molar-refractivity contribution in [2.75, 3.05) is 5.73 Å². The fourth-order valence-corrected chi connectivity index (χ4v) is 2.69. The molecule has 2 nitrogen and oxygen atoms in total. The molecule has 0 fully saturated rings. The van der Waals surface area contributed by atoms with E-state index in [1.54, 1.807) is 6.92 Å². The SMILES string of the molecule is CC(=O)c1cc(C)c(-c2cccc(N)c2)s1. The van der Waals surface area contributed by atoms with Gasteiger partial charge in [-0.05, 0) is 43.2 Å². The number of thiophene rings is 1. The molecule has 2 N–H and O–H groups in total. The van der Waals surface area contributed by atoms with Crippen LogP contribution >= 0.6 is 11.3 Å². The highest BCUT2D eigenvalue weighted by Crippen LogP contribution is 2.33. The van der Waals surface area contributed by atoms with Gasteiger partial charge >= 0.3 is 0 Å². The number of Topliss-reactive ketones (excluding diaryl/α,β-unsaturated/α-hetero) is 1. The first-order chi connectivity index (χ1) is 7.58.